The molecule has 1 saturated heterocycles. The molecule has 3 heteroatoms. The van der Waals surface area contributed by atoms with E-state index < -0.39 is 0 Å². The molecule has 0 aliphatic carbocycles. The van der Waals surface area contributed by atoms with Crippen LogP contribution in [-0.2, 0) is 4.94 Å². The summed E-state index contributed by atoms with van der Waals surface area (Å²) < 4.78 is 11.5. The second kappa shape index (κ2) is 3.13. The quantitative estimate of drug-likeness (QED) is 0.528. The van der Waals surface area contributed by atoms with Gasteiger partial charge in [0.05, 0.1) is 0 Å². The summed E-state index contributed by atoms with van der Waals surface area (Å²) in [5.41, 5.74) is 0. The summed E-state index contributed by atoms with van der Waals surface area (Å²) >= 11 is 0. The summed E-state index contributed by atoms with van der Waals surface area (Å²) in [7, 11) is 2.04. The lowest BCUT2D eigenvalue weighted by Gasteiger charge is -2.25. The van der Waals surface area contributed by atoms with E-state index in [0.717, 1.165) is 25.9 Å². The van der Waals surface area contributed by atoms with E-state index >= 15 is 0 Å². The van der Waals surface area contributed by atoms with E-state index in [1.54, 1.807) is 0 Å². The molecule has 0 spiro atoms. The molecule has 9 heavy (non-hydrogen) atoms. The summed E-state index contributed by atoms with van der Waals surface area (Å²) in [6.45, 7) is 1.91. The highest BCUT2D eigenvalue weighted by molar-refractivity contribution is 4.68. The van der Waals surface area contributed by atoms with Crippen LogP contribution in [0.2, 0.25) is 0 Å². The van der Waals surface area contributed by atoms with Gasteiger partial charge in [-0.2, -0.15) is 4.94 Å². The maximum absolute atomic E-state index is 11.5. The molecule has 0 N–H and O–H groups in total. The van der Waals surface area contributed by atoms with Crippen molar-refractivity contribution in [1.82, 2.24) is 4.90 Å². The molecule has 0 amide bonds. The van der Waals surface area contributed by atoms with E-state index in [4.69, 9.17) is 0 Å². The van der Waals surface area contributed by atoms with Gasteiger partial charge in [-0.1, -0.05) is 0 Å². The van der Waals surface area contributed by atoms with Crippen molar-refractivity contribution in [3.8, 4) is 0 Å². The first kappa shape index (κ1) is 6.96. The molecule has 0 unspecified atom stereocenters. The van der Waals surface area contributed by atoms with Gasteiger partial charge in [0.2, 0.25) is 0 Å². The van der Waals surface area contributed by atoms with Crippen molar-refractivity contribution in [2.75, 3.05) is 20.1 Å². The van der Waals surface area contributed by atoms with Gasteiger partial charge in [-0.3, -0.25) is 0 Å². The van der Waals surface area contributed by atoms with Gasteiger partial charge >= 0.3 is 0 Å². The lowest BCUT2D eigenvalue weighted by Crippen LogP contribution is -2.33. The topological polar surface area (TPSA) is 12.5 Å². The van der Waals surface area contributed by atoms with Crippen molar-refractivity contribution in [2.24, 2.45) is 0 Å². The van der Waals surface area contributed by atoms with E-state index in [1.807, 2.05) is 7.05 Å². The van der Waals surface area contributed by atoms with Gasteiger partial charge in [0.25, 0.3) is 0 Å². The lowest BCUT2D eigenvalue weighted by atomic mass is 10.1. The summed E-state index contributed by atoms with van der Waals surface area (Å²) in [6.07, 6.45) is 1.51. The fraction of sp³-hybridized carbons (Fsp3) is 1.00. The summed E-state index contributed by atoms with van der Waals surface area (Å²) in [4.78, 5) is 5.89. The van der Waals surface area contributed by atoms with Gasteiger partial charge in [-0.05, 0) is 24.4 Å². The Bertz CT molecular complexity index is 81.1. The zero-order chi connectivity index (χ0) is 6.69. The van der Waals surface area contributed by atoms with Gasteiger partial charge in [-0.25, -0.2) is 0 Å². The number of nitrogens with zero attached hydrogens (tertiary/aromatic N) is 1. The minimum Gasteiger partial charge on any atom is -0.306 e. The SMILES string of the molecule is CN1CCC(OF)CC1. The van der Waals surface area contributed by atoms with Crippen molar-refractivity contribution in [3.63, 3.8) is 0 Å². The van der Waals surface area contributed by atoms with Crippen LogP contribution in [0.4, 0.5) is 4.53 Å². The molecule has 1 heterocycles. The highest BCUT2D eigenvalue weighted by Gasteiger charge is 2.16. The molecule has 1 rings (SSSR count). The number of likely N-dealkylation sites (tertiary alicyclic amines) is 1. The molecule has 0 aromatic heterocycles. The van der Waals surface area contributed by atoms with Gasteiger partial charge in [0.15, 0.2) is 0 Å². The molecule has 0 saturated carbocycles. The Morgan fingerprint density at radius 1 is 1.44 bits per heavy atom. The fourth-order valence-electron chi connectivity index (χ4n) is 1.07. The zero-order valence-electron chi connectivity index (χ0n) is 5.64. The average Bonchev–Trinajstić information content (AvgIpc) is 1.90. The third kappa shape index (κ3) is 1.91. The van der Waals surface area contributed by atoms with Gasteiger partial charge in [-0.15, -0.1) is 0 Å². The standard InChI is InChI=1S/C6H12FNO/c1-8-4-2-6(9-7)3-5-8/h6H,2-5H2,1H3. The minimum absolute atomic E-state index is 0.138. The summed E-state index contributed by atoms with van der Waals surface area (Å²) in [6, 6.07) is 0. The van der Waals surface area contributed by atoms with Gasteiger partial charge in [0.1, 0.15) is 6.10 Å². The smallest absolute Gasteiger partial charge is 0.101 e. The number of hydrogen-bond donors (Lipinski definition) is 0. The molecule has 0 aromatic rings. The second-order valence-electron chi connectivity index (χ2n) is 2.59. The first-order valence-corrected chi connectivity index (χ1v) is 3.29. The third-order valence-corrected chi connectivity index (χ3v) is 1.79. The lowest BCUT2D eigenvalue weighted by molar-refractivity contribution is -0.190. The Balaban J connectivity index is 2.18. The van der Waals surface area contributed by atoms with Crippen LogP contribution >= 0.6 is 0 Å². The normalized spacial score (nSPS) is 24.7. The third-order valence-electron chi connectivity index (χ3n) is 1.79. The maximum Gasteiger partial charge on any atom is 0.101 e. The van der Waals surface area contributed by atoms with Crippen LogP contribution in [0.1, 0.15) is 12.8 Å². The van der Waals surface area contributed by atoms with Crippen LogP contribution in [0.3, 0.4) is 0 Å². The van der Waals surface area contributed by atoms with Gasteiger partial charge in [0, 0.05) is 13.1 Å². The molecule has 0 atom stereocenters. The van der Waals surface area contributed by atoms with E-state index in [2.05, 4.69) is 9.84 Å². The monoisotopic (exact) mass is 133 g/mol. The summed E-state index contributed by atoms with van der Waals surface area (Å²) in [5.74, 6) is 0. The van der Waals surface area contributed by atoms with Gasteiger partial charge < -0.3 is 4.90 Å². The Kier molecular flexibility index (Phi) is 2.42. The van der Waals surface area contributed by atoms with E-state index in [-0.39, 0.29) is 6.10 Å². The van der Waals surface area contributed by atoms with E-state index in [9.17, 15) is 4.53 Å². The largest absolute Gasteiger partial charge is 0.306 e. The minimum atomic E-state index is -0.138. The Morgan fingerprint density at radius 2 is 2.00 bits per heavy atom. The van der Waals surface area contributed by atoms with Crippen molar-refractivity contribution >= 4 is 0 Å². The second-order valence-corrected chi connectivity index (χ2v) is 2.59. The van der Waals surface area contributed by atoms with Crippen LogP contribution in [0.25, 0.3) is 0 Å². The van der Waals surface area contributed by atoms with Crippen molar-refractivity contribution in [3.05, 3.63) is 0 Å². The molecule has 54 valence electrons. The highest BCUT2D eigenvalue weighted by atomic mass is 19.3. The molecule has 1 aliphatic rings. The predicted octanol–water partition coefficient (Wildman–Crippen LogP) is 0.982. The average molecular weight is 133 g/mol. The van der Waals surface area contributed by atoms with E-state index in [1.165, 1.54) is 0 Å². The van der Waals surface area contributed by atoms with Crippen molar-refractivity contribution in [2.45, 2.75) is 18.9 Å². The van der Waals surface area contributed by atoms with Crippen LogP contribution in [-0.4, -0.2) is 31.1 Å². The molecule has 2 nitrogen and oxygen atoms in total. The number of rotatable bonds is 1. The molecule has 0 bridgehead atoms. The van der Waals surface area contributed by atoms with Crippen LogP contribution in [0, 0.1) is 0 Å². The molecular weight excluding hydrogens is 121 g/mol. The Labute approximate surface area is 54.5 Å². The number of hydrogen-bond acceptors (Lipinski definition) is 2. The van der Waals surface area contributed by atoms with Crippen LogP contribution < -0.4 is 0 Å². The number of halogens is 1. The molecule has 0 aromatic carbocycles. The van der Waals surface area contributed by atoms with Crippen LogP contribution in [0.15, 0.2) is 0 Å². The van der Waals surface area contributed by atoms with Crippen molar-refractivity contribution in [1.29, 1.82) is 0 Å². The molecule has 1 aliphatic heterocycles. The maximum atomic E-state index is 11.5. The predicted molar refractivity (Wildman–Crippen MR) is 32.7 cm³/mol. The zero-order valence-corrected chi connectivity index (χ0v) is 5.64. The van der Waals surface area contributed by atoms with Crippen molar-refractivity contribution < 1.29 is 9.47 Å². The summed E-state index contributed by atoms with van der Waals surface area (Å²) in [5, 5.41) is 0. The number of piperidine rings is 1. The molecular formula is C6H12FNO. The molecule has 0 radical (unpaired) electrons. The first-order valence-electron chi connectivity index (χ1n) is 3.29. The fourth-order valence-corrected chi connectivity index (χ4v) is 1.07. The van der Waals surface area contributed by atoms with Crippen LogP contribution in [0.5, 0.6) is 0 Å². The van der Waals surface area contributed by atoms with E-state index in [0.29, 0.717) is 0 Å². The highest BCUT2D eigenvalue weighted by Crippen LogP contribution is 2.11. The Hall–Kier alpha value is -0.150. The first-order chi connectivity index (χ1) is 4.33. The Morgan fingerprint density at radius 3 is 2.44 bits per heavy atom. The molecule has 1 fully saturated rings.